The van der Waals surface area contributed by atoms with Crippen LogP contribution in [-0.2, 0) is 0 Å². The van der Waals surface area contributed by atoms with Gasteiger partial charge in [-0.05, 0) is 32.2 Å². The first-order valence-corrected chi connectivity index (χ1v) is 4.59. The van der Waals surface area contributed by atoms with Crippen molar-refractivity contribution in [2.75, 3.05) is 13.6 Å². The van der Waals surface area contributed by atoms with E-state index in [1.165, 1.54) is 19.1 Å². The van der Waals surface area contributed by atoms with Gasteiger partial charge in [0.05, 0.1) is 12.1 Å². The van der Waals surface area contributed by atoms with Crippen molar-refractivity contribution in [3.05, 3.63) is 35.1 Å². The van der Waals surface area contributed by atoms with E-state index in [2.05, 4.69) is 17.2 Å². The van der Waals surface area contributed by atoms with Crippen LogP contribution in [0.1, 0.15) is 22.8 Å². The minimum absolute atomic E-state index is 0.0891. The summed E-state index contributed by atoms with van der Waals surface area (Å²) in [6, 6.07) is 4.30. The number of carbonyl (C=O) groups is 1. The third-order valence-electron chi connectivity index (χ3n) is 1.84. The first-order valence-electron chi connectivity index (χ1n) is 4.59. The van der Waals surface area contributed by atoms with E-state index < -0.39 is 5.82 Å². The van der Waals surface area contributed by atoms with E-state index in [0.717, 1.165) is 0 Å². The Hall–Kier alpha value is -1.66. The van der Waals surface area contributed by atoms with Gasteiger partial charge in [-0.2, -0.15) is 0 Å². The smallest absolute Gasteiger partial charge is 0.162 e. The average molecular weight is 205 g/mol. The van der Waals surface area contributed by atoms with Gasteiger partial charge < -0.3 is 5.32 Å². The molecule has 1 rings (SSSR count). The molecule has 0 bridgehead atoms. The molecule has 15 heavy (non-hydrogen) atoms. The van der Waals surface area contributed by atoms with E-state index in [-0.39, 0.29) is 11.3 Å². The zero-order valence-electron chi connectivity index (χ0n) is 8.73. The molecule has 0 radical (unpaired) electrons. The predicted molar refractivity (Wildman–Crippen MR) is 57.2 cm³/mol. The Balaban J connectivity index is 2.99. The Kier molecular flexibility index (Phi) is 4.02. The van der Waals surface area contributed by atoms with E-state index in [1.807, 2.05) is 0 Å². The summed E-state index contributed by atoms with van der Waals surface area (Å²) in [5.74, 6) is 4.89. The van der Waals surface area contributed by atoms with Gasteiger partial charge in [-0.3, -0.25) is 4.79 Å². The fourth-order valence-electron chi connectivity index (χ4n) is 1.11. The average Bonchev–Trinajstić information content (AvgIpc) is 2.20. The van der Waals surface area contributed by atoms with Crippen molar-refractivity contribution in [2.45, 2.75) is 6.92 Å². The lowest BCUT2D eigenvalue weighted by atomic mass is 10.1. The molecule has 0 fully saturated rings. The van der Waals surface area contributed by atoms with Gasteiger partial charge in [0.25, 0.3) is 0 Å². The first-order chi connectivity index (χ1) is 7.15. The van der Waals surface area contributed by atoms with Gasteiger partial charge in [-0.1, -0.05) is 11.8 Å². The lowest BCUT2D eigenvalue weighted by Crippen LogP contribution is -2.04. The van der Waals surface area contributed by atoms with Crippen LogP contribution in [0.2, 0.25) is 0 Å². The van der Waals surface area contributed by atoms with Crippen molar-refractivity contribution in [1.29, 1.82) is 0 Å². The van der Waals surface area contributed by atoms with Crippen LogP contribution in [0.4, 0.5) is 4.39 Å². The Morgan fingerprint density at radius 2 is 2.27 bits per heavy atom. The second-order valence-electron chi connectivity index (χ2n) is 3.08. The van der Waals surface area contributed by atoms with Crippen molar-refractivity contribution in [2.24, 2.45) is 0 Å². The lowest BCUT2D eigenvalue weighted by molar-refractivity contribution is 0.101. The molecule has 0 aromatic heterocycles. The van der Waals surface area contributed by atoms with Gasteiger partial charge in [0.15, 0.2) is 5.78 Å². The third-order valence-corrected chi connectivity index (χ3v) is 1.84. The largest absolute Gasteiger partial charge is 0.309 e. The molecule has 0 heterocycles. The molecule has 0 saturated heterocycles. The number of benzene rings is 1. The van der Waals surface area contributed by atoms with Crippen LogP contribution < -0.4 is 5.32 Å². The number of hydrogen-bond acceptors (Lipinski definition) is 2. The maximum atomic E-state index is 13.1. The molecular weight excluding hydrogens is 193 g/mol. The van der Waals surface area contributed by atoms with Crippen molar-refractivity contribution in [1.82, 2.24) is 5.32 Å². The molecule has 0 unspecified atom stereocenters. The van der Waals surface area contributed by atoms with Gasteiger partial charge in [0, 0.05) is 5.56 Å². The van der Waals surface area contributed by atoms with Crippen LogP contribution in [-0.4, -0.2) is 19.4 Å². The number of hydrogen-bond donors (Lipinski definition) is 1. The summed E-state index contributed by atoms with van der Waals surface area (Å²) in [4.78, 5) is 11.0. The van der Waals surface area contributed by atoms with Gasteiger partial charge in [-0.25, -0.2) is 4.39 Å². The highest BCUT2D eigenvalue weighted by atomic mass is 19.1. The van der Waals surface area contributed by atoms with E-state index in [0.29, 0.717) is 12.1 Å². The fraction of sp³-hybridized carbons (Fsp3) is 0.250. The number of Topliss-reactive ketones (excluding diaryl/α,β-unsaturated/α-hetero) is 1. The van der Waals surface area contributed by atoms with Gasteiger partial charge in [0.2, 0.25) is 0 Å². The van der Waals surface area contributed by atoms with Crippen LogP contribution >= 0.6 is 0 Å². The van der Waals surface area contributed by atoms with Crippen LogP contribution in [0.3, 0.4) is 0 Å². The lowest BCUT2D eigenvalue weighted by Gasteiger charge is -1.98. The van der Waals surface area contributed by atoms with Crippen molar-refractivity contribution >= 4 is 5.78 Å². The van der Waals surface area contributed by atoms with Crippen molar-refractivity contribution < 1.29 is 9.18 Å². The van der Waals surface area contributed by atoms with E-state index in [9.17, 15) is 9.18 Å². The molecule has 0 aliphatic carbocycles. The highest BCUT2D eigenvalue weighted by molar-refractivity contribution is 5.94. The molecule has 1 aromatic rings. The zero-order valence-corrected chi connectivity index (χ0v) is 8.73. The molecule has 0 amide bonds. The maximum Gasteiger partial charge on any atom is 0.162 e. The van der Waals surface area contributed by atoms with E-state index >= 15 is 0 Å². The highest BCUT2D eigenvalue weighted by Gasteiger charge is 2.06. The summed E-state index contributed by atoms with van der Waals surface area (Å²) in [7, 11) is 1.79. The van der Waals surface area contributed by atoms with Crippen LogP contribution in [0.25, 0.3) is 0 Å². The van der Waals surface area contributed by atoms with Gasteiger partial charge in [0.1, 0.15) is 5.82 Å². The number of halogens is 1. The molecule has 0 spiro atoms. The molecule has 78 valence electrons. The maximum absolute atomic E-state index is 13.1. The summed E-state index contributed by atoms with van der Waals surface area (Å²) in [6.45, 7) is 1.90. The van der Waals surface area contributed by atoms with Crippen LogP contribution in [0.15, 0.2) is 18.2 Å². The number of nitrogens with one attached hydrogen (secondary N) is 1. The molecule has 0 atom stereocenters. The quantitative estimate of drug-likeness (QED) is 0.587. The standard InChI is InChI=1S/C12H12FNO/c1-9(15)11-8-10(4-3-7-14-2)5-6-12(11)13/h5-6,8,14H,7H2,1-2H3. The molecule has 2 nitrogen and oxygen atoms in total. The van der Waals surface area contributed by atoms with E-state index in [4.69, 9.17) is 0 Å². The third kappa shape index (κ3) is 3.19. The number of ketones is 1. The summed E-state index contributed by atoms with van der Waals surface area (Å²) >= 11 is 0. The second kappa shape index (κ2) is 5.28. The first kappa shape index (κ1) is 11.4. The Morgan fingerprint density at radius 1 is 1.53 bits per heavy atom. The Labute approximate surface area is 88.5 Å². The van der Waals surface area contributed by atoms with Crippen LogP contribution in [0, 0.1) is 17.7 Å². The molecular formula is C12H12FNO. The molecule has 3 heteroatoms. The molecule has 0 aliphatic heterocycles. The van der Waals surface area contributed by atoms with Crippen LogP contribution in [0.5, 0.6) is 0 Å². The minimum atomic E-state index is -0.498. The van der Waals surface area contributed by atoms with Crippen molar-refractivity contribution in [3.8, 4) is 11.8 Å². The van der Waals surface area contributed by atoms with Crippen molar-refractivity contribution in [3.63, 3.8) is 0 Å². The summed E-state index contributed by atoms with van der Waals surface area (Å²) < 4.78 is 13.1. The van der Waals surface area contributed by atoms with Gasteiger partial charge >= 0.3 is 0 Å². The SMILES string of the molecule is CNCC#Cc1ccc(F)c(C(C)=O)c1. The minimum Gasteiger partial charge on any atom is -0.309 e. The normalized spacial score (nSPS) is 9.27. The molecule has 0 aliphatic rings. The topological polar surface area (TPSA) is 29.1 Å². The highest BCUT2D eigenvalue weighted by Crippen LogP contribution is 2.10. The predicted octanol–water partition coefficient (Wildman–Crippen LogP) is 1.60. The summed E-state index contributed by atoms with van der Waals surface area (Å²) in [5.41, 5.74) is 0.739. The molecule has 1 aromatic carbocycles. The number of carbonyl (C=O) groups excluding carboxylic acids is 1. The number of rotatable bonds is 2. The van der Waals surface area contributed by atoms with Gasteiger partial charge in [-0.15, -0.1) is 0 Å². The zero-order chi connectivity index (χ0) is 11.3. The Bertz CT molecular complexity index is 429. The van der Waals surface area contributed by atoms with E-state index in [1.54, 1.807) is 13.1 Å². The molecule has 0 saturated carbocycles. The summed E-state index contributed by atoms with van der Waals surface area (Å²) in [6.07, 6.45) is 0. The fourth-order valence-corrected chi connectivity index (χ4v) is 1.11. The molecule has 1 N–H and O–H groups in total. The monoisotopic (exact) mass is 205 g/mol. The second-order valence-corrected chi connectivity index (χ2v) is 3.08. The Morgan fingerprint density at radius 3 is 2.87 bits per heavy atom. The summed E-state index contributed by atoms with van der Waals surface area (Å²) in [5, 5.41) is 2.87.